The minimum absolute atomic E-state index is 0.0227. The van der Waals surface area contributed by atoms with Gasteiger partial charge in [0.2, 0.25) is 0 Å². The highest BCUT2D eigenvalue weighted by Gasteiger charge is 2.29. The van der Waals surface area contributed by atoms with Gasteiger partial charge < -0.3 is 21.1 Å². The van der Waals surface area contributed by atoms with Gasteiger partial charge in [-0.15, -0.1) is 0 Å². The van der Waals surface area contributed by atoms with Crippen molar-refractivity contribution in [2.45, 2.75) is 52.9 Å². The van der Waals surface area contributed by atoms with Gasteiger partial charge in [0.05, 0.1) is 24.2 Å². The molecule has 36 heavy (non-hydrogen) atoms. The predicted octanol–water partition coefficient (Wildman–Crippen LogP) is 5.09. The quantitative estimate of drug-likeness (QED) is 0.267. The molecule has 0 aromatic heterocycles. The van der Waals surface area contributed by atoms with Gasteiger partial charge in [0.15, 0.2) is 0 Å². The zero-order valence-corrected chi connectivity index (χ0v) is 22.4. The number of amidine groups is 1. The lowest BCUT2D eigenvalue weighted by molar-refractivity contribution is -0.118. The normalized spacial score (nSPS) is 15.7. The fourth-order valence-corrected chi connectivity index (χ4v) is 3.49. The first-order chi connectivity index (χ1) is 17.3. The molecule has 2 saturated carbocycles. The van der Waals surface area contributed by atoms with Crippen molar-refractivity contribution in [3.05, 3.63) is 52.9 Å². The van der Waals surface area contributed by atoms with E-state index in [1.54, 1.807) is 33.5 Å². The van der Waals surface area contributed by atoms with Crippen LogP contribution in [0.25, 0.3) is 5.57 Å². The average Bonchev–Trinajstić information content (AvgIpc) is 3.76. The Morgan fingerprint density at radius 1 is 1.28 bits per heavy atom. The summed E-state index contributed by atoms with van der Waals surface area (Å²) >= 11 is 0. The van der Waals surface area contributed by atoms with E-state index in [4.69, 9.17) is 15.9 Å². The Kier molecular flexibility index (Phi) is 11.1. The van der Waals surface area contributed by atoms with E-state index in [-0.39, 0.29) is 23.4 Å². The highest BCUT2D eigenvalue weighted by atomic mass is 16.5. The molecule has 0 spiro atoms. The summed E-state index contributed by atoms with van der Waals surface area (Å²) in [6.07, 6.45) is 10.1. The average molecular weight is 493 g/mol. The molecule has 0 saturated heterocycles. The summed E-state index contributed by atoms with van der Waals surface area (Å²) < 4.78 is 5.74. The summed E-state index contributed by atoms with van der Waals surface area (Å²) in [5, 5.41) is 15.3. The summed E-state index contributed by atoms with van der Waals surface area (Å²) in [7, 11) is 5.12. The molecule has 8 nitrogen and oxygen atoms in total. The van der Waals surface area contributed by atoms with Crippen LogP contribution in [0.3, 0.4) is 0 Å². The number of methoxy groups -OCH3 is 1. The van der Waals surface area contributed by atoms with Crippen LogP contribution in [0.15, 0.2) is 57.3 Å². The lowest BCUT2D eigenvalue weighted by Crippen LogP contribution is -2.24. The summed E-state index contributed by atoms with van der Waals surface area (Å²) in [5.41, 5.74) is 11.1. The molecular weight excluding hydrogens is 452 g/mol. The second kappa shape index (κ2) is 14.0. The van der Waals surface area contributed by atoms with Gasteiger partial charge in [-0.25, -0.2) is 0 Å². The van der Waals surface area contributed by atoms with Gasteiger partial charge in [-0.05, 0) is 49.8 Å². The first-order valence-electron chi connectivity index (χ1n) is 12.5. The Labute approximate surface area is 215 Å². The number of nitrogens with two attached hydrogens (primary N) is 1. The molecule has 1 amide bonds. The lowest BCUT2D eigenvalue weighted by atomic mass is 10.0. The molecule has 0 heterocycles. The number of allylic oxidation sites excluding steroid dienone is 3. The highest BCUT2D eigenvalue weighted by Crippen LogP contribution is 2.35. The van der Waals surface area contributed by atoms with Crippen molar-refractivity contribution in [1.82, 2.24) is 5.32 Å². The van der Waals surface area contributed by atoms with Gasteiger partial charge in [0, 0.05) is 37.9 Å². The maximum Gasteiger partial charge on any atom is 0.250 e. The van der Waals surface area contributed by atoms with Crippen LogP contribution in [0.1, 0.15) is 58.4 Å². The third kappa shape index (κ3) is 7.93. The molecule has 0 bridgehead atoms. The number of ether oxygens (including phenoxy) is 1. The van der Waals surface area contributed by atoms with E-state index in [2.05, 4.69) is 34.5 Å². The Bertz CT molecular complexity index is 1100. The van der Waals surface area contributed by atoms with E-state index in [0.29, 0.717) is 17.1 Å². The zero-order chi connectivity index (χ0) is 26.7. The molecule has 1 aromatic rings. The van der Waals surface area contributed by atoms with Crippen molar-refractivity contribution >= 4 is 34.9 Å². The number of carbonyl (C=O) groups is 1. The van der Waals surface area contributed by atoms with Crippen molar-refractivity contribution in [2.24, 2.45) is 21.6 Å². The first-order valence-corrected chi connectivity index (χ1v) is 12.5. The fourth-order valence-electron chi connectivity index (χ4n) is 3.49. The largest absolute Gasteiger partial charge is 0.494 e. The molecule has 0 atom stereocenters. The molecule has 0 aliphatic heterocycles. The van der Waals surface area contributed by atoms with E-state index in [0.717, 1.165) is 42.5 Å². The smallest absolute Gasteiger partial charge is 0.250 e. The number of anilines is 1. The van der Waals surface area contributed by atoms with Crippen LogP contribution in [-0.4, -0.2) is 44.9 Å². The number of nitrogens with zero attached hydrogens (tertiary/aromatic N) is 2. The van der Waals surface area contributed by atoms with Crippen LogP contribution in [0.4, 0.5) is 5.69 Å². The topological polar surface area (TPSA) is 125 Å². The number of rotatable bonds is 10. The molecule has 8 heteroatoms. The predicted molar refractivity (Wildman–Crippen MR) is 151 cm³/mol. The van der Waals surface area contributed by atoms with Crippen molar-refractivity contribution < 1.29 is 9.53 Å². The maximum absolute atomic E-state index is 12.1. The molecular formula is C28H40N6O2. The van der Waals surface area contributed by atoms with Crippen molar-refractivity contribution in [3.63, 3.8) is 0 Å². The van der Waals surface area contributed by atoms with Gasteiger partial charge in [0.25, 0.3) is 5.91 Å². The highest BCUT2D eigenvalue weighted by molar-refractivity contribution is 6.17. The summed E-state index contributed by atoms with van der Waals surface area (Å²) in [6.45, 7) is 6.19. The molecule has 3 rings (SSSR count). The first kappa shape index (κ1) is 28.6. The van der Waals surface area contributed by atoms with Gasteiger partial charge >= 0.3 is 0 Å². The second-order valence-corrected chi connectivity index (χ2v) is 8.66. The van der Waals surface area contributed by atoms with Crippen LogP contribution in [0.5, 0.6) is 5.75 Å². The van der Waals surface area contributed by atoms with E-state index in [1.807, 2.05) is 31.2 Å². The third-order valence-corrected chi connectivity index (χ3v) is 5.46. The minimum Gasteiger partial charge on any atom is -0.494 e. The molecule has 0 radical (unpaired) electrons. The number of para-hydroxylation sites is 1. The number of nitrogens with one attached hydrogen (secondary N) is 3. The Morgan fingerprint density at radius 3 is 2.44 bits per heavy atom. The van der Waals surface area contributed by atoms with E-state index >= 15 is 0 Å². The SMILES string of the molecule is C/C=C(\C=NC)c1cccc(N/C(=C/C(N)=NC(=O)C2CC2)C(=N)C(NC)=C2CC2)c1OC.CCC. The van der Waals surface area contributed by atoms with Gasteiger partial charge in [-0.3, -0.25) is 15.2 Å². The Morgan fingerprint density at radius 2 is 1.94 bits per heavy atom. The summed E-state index contributed by atoms with van der Waals surface area (Å²) in [5.74, 6) is 0.447. The van der Waals surface area contributed by atoms with E-state index in [1.165, 1.54) is 12.0 Å². The van der Waals surface area contributed by atoms with E-state index in [9.17, 15) is 4.79 Å². The van der Waals surface area contributed by atoms with Crippen LogP contribution in [0.2, 0.25) is 0 Å². The monoisotopic (exact) mass is 492 g/mol. The third-order valence-electron chi connectivity index (χ3n) is 5.46. The Hall–Kier alpha value is -3.68. The van der Waals surface area contributed by atoms with E-state index < -0.39 is 0 Å². The van der Waals surface area contributed by atoms with Crippen LogP contribution in [-0.2, 0) is 4.79 Å². The van der Waals surface area contributed by atoms with Crippen LogP contribution in [0, 0.1) is 11.3 Å². The number of benzene rings is 1. The standard InChI is InChI=1S/C25H32N6O2.C3H8/c1-5-15(14-28-2)18-7-6-8-19(24(18)33-4)30-20(22(27)23(29-3)16-9-10-16)13-21(26)31-25(32)17-11-12-17;1-3-2/h5-8,13-14,17,27,29-30H,9-12H2,1-4H3,(H2,26,31,32);3H2,1-2H3/b15-5+,20-13+,27-22?,28-14?;. The Balaban J connectivity index is 0.00000145. The number of aliphatic imine (C=N–C) groups is 2. The fraction of sp³-hybridized carbons (Fsp3) is 0.429. The number of amides is 1. The van der Waals surface area contributed by atoms with Crippen LogP contribution < -0.4 is 21.1 Å². The molecule has 1 aromatic carbocycles. The summed E-state index contributed by atoms with van der Waals surface area (Å²) in [4.78, 5) is 20.3. The molecule has 2 aliphatic rings. The van der Waals surface area contributed by atoms with Gasteiger partial charge in [-0.1, -0.05) is 38.5 Å². The lowest BCUT2D eigenvalue weighted by Gasteiger charge is -2.19. The molecule has 194 valence electrons. The maximum atomic E-state index is 12.1. The molecule has 5 N–H and O–H groups in total. The minimum atomic E-state index is -0.208. The molecule has 2 aliphatic carbocycles. The van der Waals surface area contributed by atoms with Crippen molar-refractivity contribution in [2.75, 3.05) is 26.5 Å². The van der Waals surface area contributed by atoms with Crippen molar-refractivity contribution in [3.8, 4) is 5.75 Å². The number of hydrogen-bond acceptors (Lipinski definition) is 6. The molecule has 2 fully saturated rings. The van der Waals surface area contributed by atoms with Crippen LogP contribution >= 0.6 is 0 Å². The second-order valence-electron chi connectivity index (χ2n) is 8.66. The van der Waals surface area contributed by atoms with Gasteiger partial charge in [0.1, 0.15) is 17.3 Å². The van der Waals surface area contributed by atoms with Gasteiger partial charge in [-0.2, -0.15) is 4.99 Å². The molecule has 0 unspecified atom stereocenters. The zero-order valence-electron chi connectivity index (χ0n) is 22.4. The number of carbonyl (C=O) groups excluding carboxylic acids is 1. The van der Waals surface area contributed by atoms with Crippen molar-refractivity contribution in [1.29, 1.82) is 5.41 Å². The number of hydrogen-bond donors (Lipinski definition) is 4. The summed E-state index contributed by atoms with van der Waals surface area (Å²) in [6, 6.07) is 5.72.